The van der Waals surface area contributed by atoms with E-state index in [4.69, 9.17) is 17.0 Å². The summed E-state index contributed by atoms with van der Waals surface area (Å²) in [5.74, 6) is 0. The van der Waals surface area contributed by atoms with E-state index in [2.05, 4.69) is 4.90 Å². The van der Waals surface area contributed by atoms with E-state index < -0.39 is 34.0 Å². The van der Waals surface area contributed by atoms with Gasteiger partial charge in [-0.2, -0.15) is 17.5 Å². The highest BCUT2D eigenvalue weighted by Gasteiger charge is 2.54. The number of sulfonamides is 1. The molecular weight excluding hydrogens is 543 g/mol. The number of hydrogen-bond acceptors (Lipinski definition) is 8. The molecule has 2 aliphatic heterocycles. The lowest BCUT2D eigenvalue weighted by atomic mass is 9.93. The SMILES string of the molecule is C[C@H]1COCCN1C[C@H]1CN(S(=O)(=O)C2=CC=CCC2=S)CCN1c1ccc(C(O)(CO)C(F)(F)F)cc1. The number of morpholine rings is 1. The van der Waals surface area contributed by atoms with Gasteiger partial charge in [0.15, 0.2) is 0 Å². The molecule has 0 aromatic heterocycles. The second kappa shape index (κ2) is 11.3. The zero-order valence-electron chi connectivity index (χ0n) is 21.0. The van der Waals surface area contributed by atoms with E-state index in [1.165, 1.54) is 22.5 Å². The van der Waals surface area contributed by atoms with Crippen molar-refractivity contribution in [3.63, 3.8) is 0 Å². The maximum absolute atomic E-state index is 13.5. The third-order valence-corrected chi connectivity index (χ3v) is 9.82. The van der Waals surface area contributed by atoms with Crippen molar-refractivity contribution in [2.45, 2.75) is 37.2 Å². The Balaban J connectivity index is 1.62. The van der Waals surface area contributed by atoms with E-state index >= 15 is 0 Å². The molecule has 2 saturated heterocycles. The number of allylic oxidation sites excluding steroid dienone is 4. The van der Waals surface area contributed by atoms with Crippen LogP contribution in [0.4, 0.5) is 18.9 Å². The standard InChI is InChI=1S/C25H32F3N3O5S2/c1-18-16-36-13-12-29(18)14-21-15-30(38(34,35)23-5-3-2-4-22(23)37)10-11-31(21)20-8-6-19(7-9-20)24(33,17-32)25(26,27)28/h2-3,5-9,18,21,32-33H,4,10-17H2,1H3/t18-,21-,24?/m0/s1. The van der Waals surface area contributed by atoms with Gasteiger partial charge in [-0.05, 0) is 30.7 Å². The minimum absolute atomic E-state index is 0.116. The molecule has 2 N–H and O–H groups in total. The Morgan fingerprint density at radius 1 is 1.16 bits per heavy atom. The molecule has 2 fully saturated rings. The number of nitrogens with zero attached hydrogens (tertiary/aromatic N) is 3. The number of hydrogen-bond donors (Lipinski definition) is 2. The Bertz CT molecular complexity index is 1190. The summed E-state index contributed by atoms with van der Waals surface area (Å²) in [4.78, 5) is 4.69. The molecule has 210 valence electrons. The summed E-state index contributed by atoms with van der Waals surface area (Å²) in [6.45, 7) is 3.47. The van der Waals surface area contributed by atoms with Gasteiger partial charge in [0.1, 0.15) is 0 Å². The lowest BCUT2D eigenvalue weighted by molar-refractivity contribution is -0.277. The molecule has 1 aromatic carbocycles. The fourth-order valence-electron chi connectivity index (χ4n) is 5.01. The van der Waals surface area contributed by atoms with Crippen molar-refractivity contribution in [2.75, 3.05) is 57.4 Å². The van der Waals surface area contributed by atoms with Crippen LogP contribution < -0.4 is 4.90 Å². The number of halogens is 3. The monoisotopic (exact) mass is 575 g/mol. The fraction of sp³-hybridized carbons (Fsp3) is 0.560. The number of thiocarbonyl (C=S) groups is 1. The molecule has 0 bridgehead atoms. The van der Waals surface area contributed by atoms with Crippen molar-refractivity contribution in [1.82, 2.24) is 9.21 Å². The van der Waals surface area contributed by atoms with E-state index in [0.29, 0.717) is 49.8 Å². The molecule has 13 heteroatoms. The zero-order valence-corrected chi connectivity index (χ0v) is 22.6. The predicted molar refractivity (Wildman–Crippen MR) is 141 cm³/mol. The predicted octanol–water partition coefficient (Wildman–Crippen LogP) is 2.18. The highest BCUT2D eigenvalue weighted by atomic mass is 32.2. The van der Waals surface area contributed by atoms with Crippen LogP contribution in [0.2, 0.25) is 0 Å². The number of anilines is 1. The number of benzene rings is 1. The van der Waals surface area contributed by atoms with Gasteiger partial charge >= 0.3 is 6.18 Å². The van der Waals surface area contributed by atoms with Gasteiger partial charge < -0.3 is 19.8 Å². The molecule has 0 radical (unpaired) electrons. The number of ether oxygens (including phenoxy) is 1. The van der Waals surface area contributed by atoms with Crippen molar-refractivity contribution in [2.24, 2.45) is 0 Å². The number of alkyl halides is 3. The van der Waals surface area contributed by atoms with Gasteiger partial charge in [0, 0.05) is 55.7 Å². The highest BCUT2D eigenvalue weighted by molar-refractivity contribution is 7.96. The molecule has 4 rings (SSSR count). The molecular formula is C25H32F3N3O5S2. The Kier molecular flexibility index (Phi) is 8.67. The molecule has 38 heavy (non-hydrogen) atoms. The van der Waals surface area contributed by atoms with Gasteiger partial charge in [0.25, 0.3) is 0 Å². The third-order valence-electron chi connectivity index (χ3n) is 7.35. The molecule has 8 nitrogen and oxygen atoms in total. The van der Waals surface area contributed by atoms with Crippen LogP contribution in [0, 0.1) is 0 Å². The van der Waals surface area contributed by atoms with Gasteiger partial charge in [-0.15, -0.1) is 0 Å². The second-order valence-corrected chi connectivity index (χ2v) is 12.2. The molecule has 0 amide bonds. The van der Waals surface area contributed by atoms with Gasteiger partial charge in [-0.1, -0.05) is 36.5 Å². The van der Waals surface area contributed by atoms with Crippen LogP contribution in [0.25, 0.3) is 0 Å². The van der Waals surface area contributed by atoms with Crippen LogP contribution in [0.5, 0.6) is 0 Å². The molecule has 3 atom stereocenters. The summed E-state index contributed by atoms with van der Waals surface area (Å²) in [6.07, 6.45) is 0.347. The first-order valence-corrected chi connectivity index (χ1v) is 14.2. The minimum atomic E-state index is -5.05. The maximum atomic E-state index is 13.5. The Hall–Kier alpha value is -1.87. The highest BCUT2D eigenvalue weighted by Crippen LogP contribution is 2.39. The van der Waals surface area contributed by atoms with Crippen LogP contribution in [-0.2, 0) is 20.4 Å². The summed E-state index contributed by atoms with van der Waals surface area (Å²) < 4.78 is 74.2. The summed E-state index contributed by atoms with van der Waals surface area (Å²) in [7, 11) is -3.83. The average molecular weight is 576 g/mol. The van der Waals surface area contributed by atoms with Crippen molar-refractivity contribution >= 4 is 32.8 Å². The molecule has 0 saturated carbocycles. The van der Waals surface area contributed by atoms with Crippen LogP contribution in [0.15, 0.2) is 47.4 Å². The van der Waals surface area contributed by atoms with E-state index in [1.54, 1.807) is 6.08 Å². The molecule has 1 aliphatic carbocycles. The second-order valence-electron chi connectivity index (χ2n) is 9.78. The normalized spacial score (nSPS) is 25.8. The Labute approximate surface area is 226 Å². The van der Waals surface area contributed by atoms with Crippen LogP contribution in [0.1, 0.15) is 18.9 Å². The quantitative estimate of drug-likeness (QED) is 0.478. The van der Waals surface area contributed by atoms with Crippen molar-refractivity contribution < 1.29 is 36.5 Å². The zero-order chi connectivity index (χ0) is 27.7. The van der Waals surface area contributed by atoms with E-state index in [0.717, 1.165) is 12.1 Å². The van der Waals surface area contributed by atoms with Crippen molar-refractivity contribution in [3.05, 3.63) is 53.0 Å². The van der Waals surface area contributed by atoms with Crippen LogP contribution in [-0.4, -0.2) is 104 Å². The van der Waals surface area contributed by atoms with Crippen molar-refractivity contribution in [3.8, 4) is 0 Å². The summed E-state index contributed by atoms with van der Waals surface area (Å²) in [5, 5.41) is 19.4. The van der Waals surface area contributed by atoms with E-state index in [1.807, 2.05) is 17.9 Å². The van der Waals surface area contributed by atoms with E-state index in [-0.39, 0.29) is 30.1 Å². The van der Waals surface area contributed by atoms with Crippen molar-refractivity contribution in [1.29, 1.82) is 0 Å². The van der Waals surface area contributed by atoms with E-state index in [9.17, 15) is 31.8 Å². The van der Waals surface area contributed by atoms with Crippen LogP contribution >= 0.6 is 12.2 Å². The largest absolute Gasteiger partial charge is 0.423 e. The summed E-state index contributed by atoms with van der Waals surface area (Å²) in [5.41, 5.74) is -3.25. The average Bonchev–Trinajstić information content (AvgIpc) is 2.89. The third kappa shape index (κ3) is 5.69. The first-order chi connectivity index (χ1) is 17.9. The first kappa shape index (κ1) is 29.1. The first-order valence-electron chi connectivity index (χ1n) is 12.4. The maximum Gasteiger partial charge on any atom is 0.423 e. The molecule has 1 aromatic rings. The summed E-state index contributed by atoms with van der Waals surface area (Å²) >= 11 is 5.32. The Morgan fingerprint density at radius 2 is 1.87 bits per heavy atom. The van der Waals surface area contributed by atoms with Gasteiger partial charge in [0.05, 0.1) is 30.8 Å². The topological polar surface area (TPSA) is 93.6 Å². The van der Waals surface area contributed by atoms with Gasteiger partial charge in [-0.3, -0.25) is 4.90 Å². The Morgan fingerprint density at radius 3 is 2.47 bits per heavy atom. The smallest absolute Gasteiger partial charge is 0.393 e. The molecule has 3 aliphatic rings. The number of aliphatic hydroxyl groups excluding tert-OH is 1. The molecule has 0 spiro atoms. The van der Waals surface area contributed by atoms with Gasteiger partial charge in [0.2, 0.25) is 15.6 Å². The number of aliphatic hydroxyl groups is 2. The number of piperazine rings is 1. The van der Waals surface area contributed by atoms with Gasteiger partial charge in [-0.25, -0.2) is 8.42 Å². The molecule has 1 unspecified atom stereocenters. The lowest BCUT2D eigenvalue weighted by Gasteiger charge is -2.46. The minimum Gasteiger partial charge on any atom is -0.393 e. The summed E-state index contributed by atoms with van der Waals surface area (Å²) in [6, 6.07) is 5.03. The lowest BCUT2D eigenvalue weighted by Crippen LogP contribution is -2.60. The number of rotatable bonds is 7. The fourth-order valence-corrected chi connectivity index (χ4v) is 7.08. The van der Waals surface area contributed by atoms with Crippen LogP contribution in [0.3, 0.4) is 0 Å². The molecule has 2 heterocycles.